The number of hydrogen-bond donors (Lipinski definition) is 0. The molecule has 0 amide bonds. The molecule has 1 saturated carbocycles. The summed E-state index contributed by atoms with van der Waals surface area (Å²) in [5.41, 5.74) is -0.988. The van der Waals surface area contributed by atoms with Crippen LogP contribution < -0.4 is 0 Å². The number of rotatable bonds is 3. The number of ketones is 3. The number of hydrogen-bond acceptors (Lipinski definition) is 3. The molecule has 3 nitrogen and oxygen atoms in total. The van der Waals surface area contributed by atoms with Crippen LogP contribution in [0.5, 0.6) is 0 Å². The van der Waals surface area contributed by atoms with Gasteiger partial charge in [0.25, 0.3) is 0 Å². The molecule has 0 heterocycles. The number of carbonyl (C=O) groups excluding carboxylic acids is 3. The fourth-order valence-electron chi connectivity index (χ4n) is 2.25. The highest BCUT2D eigenvalue weighted by Gasteiger charge is 2.56. The standard InChI is InChI=1S/C11H16O3/c1-4-7-8(12)10(14)11(5-2,6-3)9(7)13/h7H,4-6H2,1-3H3. The smallest absolute Gasteiger partial charge is 0.212 e. The van der Waals surface area contributed by atoms with Crippen molar-refractivity contribution in [3.05, 3.63) is 0 Å². The minimum absolute atomic E-state index is 0.153. The first-order valence-electron chi connectivity index (χ1n) is 5.18. The summed E-state index contributed by atoms with van der Waals surface area (Å²) in [5, 5.41) is 0. The summed E-state index contributed by atoms with van der Waals surface area (Å²) in [6, 6.07) is 0. The van der Waals surface area contributed by atoms with Crippen LogP contribution in [0.1, 0.15) is 40.0 Å². The van der Waals surface area contributed by atoms with Gasteiger partial charge in [-0.15, -0.1) is 0 Å². The van der Waals surface area contributed by atoms with Crippen molar-refractivity contribution in [2.24, 2.45) is 11.3 Å². The summed E-state index contributed by atoms with van der Waals surface area (Å²) in [5.74, 6) is -1.75. The molecule has 0 spiro atoms. The van der Waals surface area contributed by atoms with Gasteiger partial charge >= 0.3 is 0 Å². The lowest BCUT2D eigenvalue weighted by Crippen LogP contribution is -2.33. The fourth-order valence-corrected chi connectivity index (χ4v) is 2.25. The van der Waals surface area contributed by atoms with Crippen LogP contribution in [0.3, 0.4) is 0 Å². The first-order chi connectivity index (χ1) is 6.55. The minimum atomic E-state index is -0.988. The van der Waals surface area contributed by atoms with Gasteiger partial charge in [0.1, 0.15) is 0 Å². The van der Waals surface area contributed by atoms with Crippen molar-refractivity contribution < 1.29 is 14.4 Å². The maximum Gasteiger partial charge on any atom is 0.212 e. The first kappa shape index (κ1) is 11.1. The van der Waals surface area contributed by atoms with Crippen LogP contribution in [0.4, 0.5) is 0 Å². The van der Waals surface area contributed by atoms with E-state index in [0.29, 0.717) is 19.3 Å². The molecule has 1 aliphatic rings. The summed E-state index contributed by atoms with van der Waals surface area (Å²) < 4.78 is 0. The van der Waals surface area contributed by atoms with Crippen molar-refractivity contribution in [2.75, 3.05) is 0 Å². The molecule has 0 aromatic carbocycles. The zero-order valence-corrected chi connectivity index (χ0v) is 8.92. The van der Waals surface area contributed by atoms with E-state index >= 15 is 0 Å². The predicted octanol–water partition coefficient (Wildman–Crippen LogP) is 1.54. The van der Waals surface area contributed by atoms with Crippen LogP contribution >= 0.6 is 0 Å². The molecule has 0 bridgehead atoms. The fraction of sp³-hybridized carbons (Fsp3) is 0.727. The molecule has 0 aromatic rings. The molecule has 0 N–H and O–H groups in total. The average Bonchev–Trinajstić information content (AvgIpc) is 2.37. The molecule has 1 rings (SSSR count). The Morgan fingerprint density at radius 2 is 1.57 bits per heavy atom. The van der Waals surface area contributed by atoms with Gasteiger partial charge in [-0.25, -0.2) is 0 Å². The molecule has 0 aromatic heterocycles. The molecule has 0 saturated heterocycles. The molecule has 78 valence electrons. The normalized spacial score (nSPS) is 25.9. The molecule has 3 heteroatoms. The zero-order chi connectivity index (χ0) is 10.9. The van der Waals surface area contributed by atoms with E-state index in [-0.39, 0.29) is 5.78 Å². The van der Waals surface area contributed by atoms with Crippen molar-refractivity contribution in [3.63, 3.8) is 0 Å². The first-order valence-corrected chi connectivity index (χ1v) is 5.18. The molecule has 1 aliphatic carbocycles. The lowest BCUT2D eigenvalue weighted by atomic mass is 9.78. The van der Waals surface area contributed by atoms with Crippen LogP contribution in [-0.4, -0.2) is 17.3 Å². The summed E-state index contributed by atoms with van der Waals surface area (Å²) in [7, 11) is 0. The van der Waals surface area contributed by atoms with E-state index < -0.39 is 22.9 Å². The van der Waals surface area contributed by atoms with Crippen molar-refractivity contribution in [2.45, 2.75) is 40.0 Å². The molecule has 14 heavy (non-hydrogen) atoms. The lowest BCUT2D eigenvalue weighted by Gasteiger charge is -2.21. The van der Waals surface area contributed by atoms with Gasteiger partial charge in [-0.05, 0) is 19.3 Å². The summed E-state index contributed by atoms with van der Waals surface area (Å²) in [4.78, 5) is 35.1. The van der Waals surface area contributed by atoms with Crippen LogP contribution in [0.2, 0.25) is 0 Å². The second-order valence-corrected chi connectivity index (χ2v) is 3.81. The molecule has 0 aliphatic heterocycles. The van der Waals surface area contributed by atoms with Gasteiger partial charge in [0, 0.05) is 0 Å². The van der Waals surface area contributed by atoms with Gasteiger partial charge < -0.3 is 0 Å². The largest absolute Gasteiger partial charge is 0.298 e. The van der Waals surface area contributed by atoms with Gasteiger partial charge in [-0.3, -0.25) is 14.4 Å². The minimum Gasteiger partial charge on any atom is -0.298 e. The topological polar surface area (TPSA) is 51.2 Å². The van der Waals surface area contributed by atoms with Crippen LogP contribution in [0.25, 0.3) is 0 Å². The van der Waals surface area contributed by atoms with Gasteiger partial charge in [-0.2, -0.15) is 0 Å². The van der Waals surface area contributed by atoms with E-state index in [9.17, 15) is 14.4 Å². The van der Waals surface area contributed by atoms with E-state index in [1.54, 1.807) is 20.8 Å². The summed E-state index contributed by atoms with van der Waals surface area (Å²) in [6.07, 6.45) is 1.35. The molecule has 1 atom stereocenters. The number of Topliss-reactive ketones (excluding diaryl/α,β-unsaturated/α-hetero) is 3. The zero-order valence-electron chi connectivity index (χ0n) is 8.92. The third kappa shape index (κ3) is 1.15. The number of carbonyl (C=O) groups is 3. The van der Waals surface area contributed by atoms with Crippen LogP contribution in [0.15, 0.2) is 0 Å². The maximum absolute atomic E-state index is 11.9. The Morgan fingerprint density at radius 1 is 1.07 bits per heavy atom. The summed E-state index contributed by atoms with van der Waals surface area (Å²) >= 11 is 0. The van der Waals surface area contributed by atoms with E-state index in [2.05, 4.69) is 0 Å². The molecule has 0 radical (unpaired) electrons. The van der Waals surface area contributed by atoms with Gasteiger partial charge in [0.05, 0.1) is 11.3 Å². The van der Waals surface area contributed by atoms with E-state index in [4.69, 9.17) is 0 Å². The highest BCUT2D eigenvalue weighted by Crippen LogP contribution is 2.39. The Hall–Kier alpha value is -0.990. The monoisotopic (exact) mass is 196 g/mol. The Labute approximate surface area is 83.9 Å². The Bertz CT molecular complexity index is 287. The van der Waals surface area contributed by atoms with Gasteiger partial charge in [0.2, 0.25) is 11.6 Å². The van der Waals surface area contributed by atoms with Gasteiger partial charge in [0.15, 0.2) is 5.78 Å². The van der Waals surface area contributed by atoms with Crippen LogP contribution in [-0.2, 0) is 14.4 Å². The Balaban J connectivity index is 3.17. The van der Waals surface area contributed by atoms with Crippen molar-refractivity contribution >= 4 is 17.3 Å². The van der Waals surface area contributed by atoms with Gasteiger partial charge in [-0.1, -0.05) is 20.8 Å². The predicted molar refractivity (Wildman–Crippen MR) is 51.8 cm³/mol. The average molecular weight is 196 g/mol. The third-order valence-electron chi connectivity index (χ3n) is 3.38. The summed E-state index contributed by atoms with van der Waals surface area (Å²) in [6.45, 7) is 5.37. The quantitative estimate of drug-likeness (QED) is 0.508. The van der Waals surface area contributed by atoms with Crippen molar-refractivity contribution in [3.8, 4) is 0 Å². The highest BCUT2D eigenvalue weighted by molar-refractivity contribution is 6.52. The van der Waals surface area contributed by atoms with Crippen LogP contribution in [0, 0.1) is 11.3 Å². The van der Waals surface area contributed by atoms with Crippen molar-refractivity contribution in [1.82, 2.24) is 0 Å². The van der Waals surface area contributed by atoms with E-state index in [0.717, 1.165) is 0 Å². The second-order valence-electron chi connectivity index (χ2n) is 3.81. The lowest BCUT2D eigenvalue weighted by molar-refractivity contribution is -0.140. The molecule has 1 fully saturated rings. The SMILES string of the molecule is CCC1C(=O)C(=O)C(CC)(CC)C1=O. The van der Waals surface area contributed by atoms with E-state index in [1.807, 2.05) is 0 Å². The third-order valence-corrected chi connectivity index (χ3v) is 3.38. The highest BCUT2D eigenvalue weighted by atomic mass is 16.2. The van der Waals surface area contributed by atoms with Crippen molar-refractivity contribution in [1.29, 1.82) is 0 Å². The van der Waals surface area contributed by atoms with E-state index in [1.165, 1.54) is 0 Å². The maximum atomic E-state index is 11.9. The molecule has 1 unspecified atom stereocenters. The second kappa shape index (κ2) is 3.64. The Morgan fingerprint density at radius 3 is 1.79 bits per heavy atom. The Kier molecular flexibility index (Phi) is 2.88. The molecular weight excluding hydrogens is 180 g/mol. The molecular formula is C11H16O3.